The first kappa shape index (κ1) is 19.9. The Labute approximate surface area is 153 Å². The van der Waals surface area contributed by atoms with E-state index in [1.165, 1.54) is 0 Å². The van der Waals surface area contributed by atoms with E-state index >= 15 is 0 Å². The largest absolute Gasteiger partial charge is 0.508 e. The first-order valence-electron chi connectivity index (χ1n) is 8.86. The number of hydrogen-bond acceptors (Lipinski definition) is 5. The fourth-order valence-corrected chi connectivity index (χ4v) is 2.80. The maximum atomic E-state index is 12.0. The zero-order valence-corrected chi connectivity index (χ0v) is 14.7. The van der Waals surface area contributed by atoms with Crippen molar-refractivity contribution in [3.63, 3.8) is 0 Å². The van der Waals surface area contributed by atoms with Gasteiger partial charge in [0.2, 0.25) is 0 Å². The number of phenols is 2. The third kappa shape index (κ3) is 7.25. The van der Waals surface area contributed by atoms with Crippen molar-refractivity contribution in [2.75, 3.05) is 0 Å². The fourth-order valence-electron chi connectivity index (χ4n) is 2.80. The Balaban J connectivity index is 1.66. The van der Waals surface area contributed by atoms with E-state index in [1.807, 2.05) is 0 Å². The Kier molecular flexibility index (Phi) is 7.63. The fraction of sp³-hybridized carbons (Fsp3) is 0.381. The lowest BCUT2D eigenvalue weighted by atomic mass is 9.98. The molecule has 4 N–H and O–H groups in total. The van der Waals surface area contributed by atoms with E-state index in [0.717, 1.165) is 11.1 Å². The first-order valence-corrected chi connectivity index (χ1v) is 8.86. The van der Waals surface area contributed by atoms with Gasteiger partial charge in [0.1, 0.15) is 17.3 Å². The van der Waals surface area contributed by atoms with Crippen LogP contribution in [0.3, 0.4) is 0 Å². The van der Waals surface area contributed by atoms with Crippen LogP contribution in [0.5, 0.6) is 11.5 Å². The van der Waals surface area contributed by atoms with Crippen LogP contribution >= 0.6 is 0 Å². The monoisotopic (exact) mass is 358 g/mol. The lowest BCUT2D eigenvalue weighted by Crippen LogP contribution is -2.19. The molecule has 0 fully saturated rings. The smallest absolute Gasteiger partial charge is 0.138 e. The molecule has 5 heteroatoms. The van der Waals surface area contributed by atoms with E-state index in [2.05, 4.69) is 0 Å². The van der Waals surface area contributed by atoms with Crippen molar-refractivity contribution in [3.8, 4) is 11.5 Å². The van der Waals surface area contributed by atoms with Crippen molar-refractivity contribution in [2.45, 2.75) is 50.7 Å². The van der Waals surface area contributed by atoms with Gasteiger partial charge >= 0.3 is 0 Å². The van der Waals surface area contributed by atoms with Gasteiger partial charge in [0.25, 0.3) is 0 Å². The van der Waals surface area contributed by atoms with E-state index in [1.54, 1.807) is 48.5 Å². The number of carbonyl (C=O) groups is 1. The van der Waals surface area contributed by atoms with Gasteiger partial charge in [-0.25, -0.2) is 0 Å². The molecular formula is C21H26O5. The molecule has 0 aliphatic heterocycles. The van der Waals surface area contributed by atoms with Crippen LogP contribution in [0.2, 0.25) is 0 Å². The molecule has 0 amide bonds. The Morgan fingerprint density at radius 1 is 0.692 bits per heavy atom. The van der Waals surface area contributed by atoms with Crippen LogP contribution in [-0.2, 0) is 17.6 Å². The highest BCUT2D eigenvalue weighted by Gasteiger charge is 2.15. The predicted octanol–water partition coefficient (Wildman–Crippen LogP) is 2.73. The van der Waals surface area contributed by atoms with E-state index in [9.17, 15) is 25.2 Å². The normalized spacial score (nSPS) is 13.3. The van der Waals surface area contributed by atoms with Crippen molar-refractivity contribution in [3.05, 3.63) is 59.7 Å². The quantitative estimate of drug-likeness (QED) is 0.523. The average Bonchev–Trinajstić information content (AvgIpc) is 2.60. The molecule has 0 aliphatic carbocycles. The van der Waals surface area contributed by atoms with Gasteiger partial charge in [-0.05, 0) is 61.1 Å². The lowest BCUT2D eigenvalue weighted by Gasteiger charge is -2.13. The molecule has 0 aromatic heterocycles. The first-order chi connectivity index (χ1) is 12.4. The number of carbonyl (C=O) groups excluding carboxylic acids is 1. The molecule has 0 heterocycles. The zero-order chi connectivity index (χ0) is 18.9. The van der Waals surface area contributed by atoms with E-state index in [-0.39, 0.29) is 30.1 Å². The standard InChI is InChI=1S/C21H26O5/c22-17-7-1-15(2-8-17)5-11-19(24)13-21(26)14-20(25)12-6-16-3-9-18(23)10-4-16/h1-4,7-10,19-20,22-25H,5-6,11-14H2. The second kappa shape index (κ2) is 9.94. The number of aromatic hydroxyl groups is 2. The molecular weight excluding hydrogens is 332 g/mol. The van der Waals surface area contributed by atoms with Gasteiger partial charge in [0.05, 0.1) is 12.2 Å². The zero-order valence-electron chi connectivity index (χ0n) is 14.7. The average molecular weight is 358 g/mol. The predicted molar refractivity (Wildman–Crippen MR) is 99.1 cm³/mol. The number of hydrogen-bond donors (Lipinski definition) is 4. The number of aliphatic hydroxyl groups excluding tert-OH is 2. The Hall–Kier alpha value is -2.37. The van der Waals surface area contributed by atoms with Crippen LogP contribution in [0.25, 0.3) is 0 Å². The number of aliphatic hydroxyl groups is 2. The van der Waals surface area contributed by atoms with E-state index in [4.69, 9.17) is 0 Å². The summed E-state index contributed by atoms with van der Waals surface area (Å²) in [5.41, 5.74) is 1.98. The molecule has 2 unspecified atom stereocenters. The molecule has 0 radical (unpaired) electrons. The molecule has 0 bridgehead atoms. The van der Waals surface area contributed by atoms with Gasteiger partial charge in [0, 0.05) is 12.8 Å². The SMILES string of the molecule is O=C(CC(O)CCc1ccc(O)cc1)CC(O)CCc1ccc(O)cc1. The van der Waals surface area contributed by atoms with Crippen LogP contribution in [0, 0.1) is 0 Å². The maximum absolute atomic E-state index is 12.0. The third-order valence-electron chi connectivity index (χ3n) is 4.33. The summed E-state index contributed by atoms with van der Waals surface area (Å²) in [6.07, 6.45) is 0.764. The molecule has 0 saturated heterocycles. The van der Waals surface area contributed by atoms with E-state index in [0.29, 0.717) is 25.7 Å². The van der Waals surface area contributed by atoms with Crippen molar-refractivity contribution >= 4 is 5.78 Å². The van der Waals surface area contributed by atoms with Crippen molar-refractivity contribution in [1.29, 1.82) is 0 Å². The van der Waals surface area contributed by atoms with Crippen LogP contribution < -0.4 is 0 Å². The molecule has 0 spiro atoms. The number of phenolic OH excluding ortho intramolecular Hbond substituents is 2. The minimum atomic E-state index is -0.736. The van der Waals surface area contributed by atoms with Gasteiger partial charge in [-0.3, -0.25) is 4.79 Å². The van der Waals surface area contributed by atoms with Gasteiger partial charge in [-0.1, -0.05) is 24.3 Å². The number of rotatable bonds is 10. The molecule has 2 aromatic carbocycles. The lowest BCUT2D eigenvalue weighted by molar-refractivity contribution is -0.122. The van der Waals surface area contributed by atoms with Crippen molar-refractivity contribution < 1.29 is 25.2 Å². The van der Waals surface area contributed by atoms with Gasteiger partial charge in [0.15, 0.2) is 0 Å². The van der Waals surface area contributed by atoms with Gasteiger partial charge in [-0.15, -0.1) is 0 Å². The topological polar surface area (TPSA) is 98.0 Å². The highest BCUT2D eigenvalue weighted by molar-refractivity contribution is 5.79. The summed E-state index contributed by atoms with van der Waals surface area (Å²) in [6, 6.07) is 13.5. The van der Waals surface area contributed by atoms with Gasteiger partial charge < -0.3 is 20.4 Å². The highest BCUT2D eigenvalue weighted by atomic mass is 16.3. The molecule has 5 nitrogen and oxygen atoms in total. The number of aryl methyl sites for hydroxylation is 2. The van der Waals surface area contributed by atoms with Crippen molar-refractivity contribution in [2.24, 2.45) is 0 Å². The number of Topliss-reactive ketones (excluding diaryl/α,β-unsaturated/α-hetero) is 1. The highest BCUT2D eigenvalue weighted by Crippen LogP contribution is 2.15. The Bertz CT molecular complexity index is 619. The van der Waals surface area contributed by atoms with Gasteiger partial charge in [-0.2, -0.15) is 0 Å². The van der Waals surface area contributed by atoms with Crippen LogP contribution in [-0.4, -0.2) is 38.4 Å². The second-order valence-corrected chi connectivity index (χ2v) is 6.66. The molecule has 0 aliphatic rings. The third-order valence-corrected chi connectivity index (χ3v) is 4.33. The minimum absolute atomic E-state index is 0.0361. The minimum Gasteiger partial charge on any atom is -0.508 e. The summed E-state index contributed by atoms with van der Waals surface area (Å²) in [7, 11) is 0. The summed E-state index contributed by atoms with van der Waals surface area (Å²) in [5, 5.41) is 38.5. The van der Waals surface area contributed by atoms with Crippen molar-refractivity contribution in [1.82, 2.24) is 0 Å². The summed E-state index contributed by atoms with van der Waals surface area (Å²) < 4.78 is 0. The molecule has 2 aromatic rings. The summed E-state index contributed by atoms with van der Waals surface area (Å²) in [6.45, 7) is 0. The molecule has 26 heavy (non-hydrogen) atoms. The Morgan fingerprint density at radius 2 is 1.04 bits per heavy atom. The van der Waals surface area contributed by atoms with Crippen LogP contribution in [0.15, 0.2) is 48.5 Å². The van der Waals surface area contributed by atoms with Crippen LogP contribution in [0.1, 0.15) is 36.8 Å². The number of benzene rings is 2. The maximum Gasteiger partial charge on any atom is 0.138 e. The molecule has 2 rings (SSSR count). The second-order valence-electron chi connectivity index (χ2n) is 6.66. The number of ketones is 1. The molecule has 140 valence electrons. The molecule has 0 saturated carbocycles. The molecule has 2 atom stereocenters. The van der Waals surface area contributed by atoms with Crippen LogP contribution in [0.4, 0.5) is 0 Å². The summed E-state index contributed by atoms with van der Waals surface area (Å²) >= 11 is 0. The Morgan fingerprint density at radius 3 is 1.38 bits per heavy atom. The summed E-state index contributed by atoms with van der Waals surface area (Å²) in [4.78, 5) is 12.0. The summed E-state index contributed by atoms with van der Waals surface area (Å²) in [5.74, 6) is 0.248. The van der Waals surface area contributed by atoms with E-state index < -0.39 is 12.2 Å².